The van der Waals surface area contributed by atoms with Crippen LogP contribution in [-0.4, -0.2) is 0 Å². The summed E-state index contributed by atoms with van der Waals surface area (Å²) in [6, 6.07) is 0. The highest BCUT2D eigenvalue weighted by atomic mass is 79.9. The van der Waals surface area contributed by atoms with Crippen LogP contribution in [0.4, 0.5) is 0 Å². The summed E-state index contributed by atoms with van der Waals surface area (Å²) >= 11 is 3.14. The highest BCUT2D eigenvalue weighted by Crippen LogP contribution is 2.00. The van der Waals surface area contributed by atoms with Gasteiger partial charge in [-0.3, -0.25) is 0 Å². The summed E-state index contributed by atoms with van der Waals surface area (Å²) in [5, 5.41) is 0. The Bertz CT molecular complexity index is 248. The first-order valence-corrected chi connectivity index (χ1v) is 3.02. The van der Waals surface area contributed by atoms with Crippen molar-refractivity contribution in [2.75, 3.05) is 0 Å². The maximum Gasteiger partial charge on any atom is 0.0671 e. The third-order valence-corrected chi connectivity index (χ3v) is 1.04. The molecule has 0 heterocycles. The molecule has 0 saturated carbocycles. The lowest BCUT2D eigenvalue weighted by Crippen LogP contribution is -1.47. The molecule has 0 nitrogen and oxygen atoms in total. The van der Waals surface area contributed by atoms with E-state index in [-0.39, 0.29) is 0 Å². The van der Waals surface area contributed by atoms with Crippen molar-refractivity contribution in [2.24, 2.45) is 0 Å². The minimum atomic E-state index is 0.741. The summed E-state index contributed by atoms with van der Waals surface area (Å²) in [4.78, 5) is 0. The maximum absolute atomic E-state index is 3.40. The van der Waals surface area contributed by atoms with Gasteiger partial charge in [-0.25, -0.2) is 0 Å². The summed E-state index contributed by atoms with van der Waals surface area (Å²) in [6.07, 6.45) is 1.63. The molecule has 0 bridgehead atoms. The third kappa shape index (κ3) is 4.94. The highest BCUT2D eigenvalue weighted by Gasteiger charge is 1.71. The van der Waals surface area contributed by atoms with Crippen LogP contribution >= 0.6 is 15.9 Å². The van der Waals surface area contributed by atoms with Crippen LogP contribution in [0, 0.1) is 0 Å². The molecule has 0 atom stereocenters. The summed E-state index contributed by atoms with van der Waals surface area (Å²) in [6.45, 7) is 6.70. The molecule has 0 N–H and O–H groups in total. The van der Waals surface area contributed by atoms with Crippen LogP contribution in [0.2, 0.25) is 0 Å². The van der Waals surface area contributed by atoms with Crippen LogP contribution in [-0.2, 0) is 0 Å². The van der Waals surface area contributed by atoms with Gasteiger partial charge in [0.15, 0.2) is 0 Å². The Labute approximate surface area is 63.0 Å². The molecule has 0 fully saturated rings. The molecule has 0 unspecified atom stereocenters. The second-order valence-corrected chi connectivity index (χ2v) is 1.97. The Hall–Kier alpha value is -0.920. The molecule has 44 valence electrons. The average molecular weight is 181 g/mol. The van der Waals surface area contributed by atoms with Crippen molar-refractivity contribution in [2.45, 2.75) is 0 Å². The number of rotatable bonds is 1. The van der Waals surface area contributed by atoms with Crippen molar-refractivity contribution in [1.82, 2.24) is 0 Å². The fourth-order valence-corrected chi connectivity index (χ4v) is 0.316. The lowest BCUT2D eigenvalue weighted by Gasteiger charge is -1.69. The van der Waals surface area contributed by atoms with Gasteiger partial charge in [-0.05, 0) is 28.2 Å². The summed E-state index contributed by atoms with van der Waals surface area (Å²) in [7, 11) is 0. The molecule has 9 heavy (non-hydrogen) atoms. The van der Waals surface area contributed by atoms with E-state index < -0.39 is 0 Å². The topological polar surface area (TPSA) is 0 Å². The van der Waals surface area contributed by atoms with Gasteiger partial charge in [0, 0.05) is 6.08 Å². The zero-order valence-electron chi connectivity index (χ0n) is 4.87. The molecule has 0 radical (unpaired) electrons. The SMILES string of the molecule is C=C=C=C=CC(Br)=C=C. The van der Waals surface area contributed by atoms with E-state index in [9.17, 15) is 0 Å². The third-order valence-electron chi connectivity index (χ3n) is 0.528. The van der Waals surface area contributed by atoms with Crippen LogP contribution < -0.4 is 0 Å². The number of hydrogen-bond donors (Lipinski definition) is 0. The van der Waals surface area contributed by atoms with E-state index in [1.165, 1.54) is 0 Å². The van der Waals surface area contributed by atoms with Gasteiger partial charge in [-0.15, -0.1) is 5.73 Å². The molecule has 0 aliphatic heterocycles. The molecule has 0 aromatic heterocycles. The van der Waals surface area contributed by atoms with Gasteiger partial charge in [-0.1, -0.05) is 18.0 Å². The minimum absolute atomic E-state index is 0.741. The summed E-state index contributed by atoms with van der Waals surface area (Å²) in [5.41, 5.74) is 10.2. The van der Waals surface area contributed by atoms with Crippen LogP contribution in [0.5, 0.6) is 0 Å². The largest absolute Gasteiger partial charge is 0.113 e. The van der Waals surface area contributed by atoms with Crippen LogP contribution in [0.3, 0.4) is 0 Å². The molecule has 0 rings (SSSR count). The Morgan fingerprint density at radius 1 is 1.44 bits per heavy atom. The van der Waals surface area contributed by atoms with Gasteiger partial charge in [0.05, 0.1) is 4.48 Å². The molecule has 0 aliphatic rings. The monoisotopic (exact) mass is 180 g/mol. The quantitative estimate of drug-likeness (QED) is 0.431. The summed E-state index contributed by atoms with van der Waals surface area (Å²) in [5.74, 6) is 0. The maximum atomic E-state index is 3.40. The number of allylic oxidation sites excluding steroid dienone is 2. The highest BCUT2D eigenvalue weighted by molar-refractivity contribution is 9.11. The van der Waals surface area contributed by atoms with Gasteiger partial charge < -0.3 is 0 Å². The van der Waals surface area contributed by atoms with Crippen molar-refractivity contribution in [1.29, 1.82) is 0 Å². The first-order chi connectivity index (χ1) is 4.31. The van der Waals surface area contributed by atoms with Crippen molar-refractivity contribution >= 4 is 15.9 Å². The second kappa shape index (κ2) is 5.22. The normalized spacial score (nSPS) is 5.44. The Morgan fingerprint density at radius 2 is 2.11 bits per heavy atom. The fraction of sp³-hybridized carbons (Fsp3) is 0. The molecule has 1 heteroatoms. The molecule has 0 saturated heterocycles. The van der Waals surface area contributed by atoms with Crippen LogP contribution in [0.15, 0.2) is 46.6 Å². The van der Waals surface area contributed by atoms with Gasteiger partial charge in [0.1, 0.15) is 0 Å². The molecule has 0 amide bonds. The van der Waals surface area contributed by atoms with E-state index >= 15 is 0 Å². The van der Waals surface area contributed by atoms with E-state index in [4.69, 9.17) is 0 Å². The molecular formula is C8H5Br. The van der Waals surface area contributed by atoms with Crippen molar-refractivity contribution in [3.63, 3.8) is 0 Å². The molecular weight excluding hydrogens is 176 g/mol. The van der Waals surface area contributed by atoms with Crippen molar-refractivity contribution < 1.29 is 0 Å². The Morgan fingerprint density at radius 3 is 2.56 bits per heavy atom. The van der Waals surface area contributed by atoms with Crippen molar-refractivity contribution in [3.8, 4) is 0 Å². The molecule has 0 aromatic rings. The Balaban J connectivity index is 4.55. The van der Waals surface area contributed by atoms with E-state index in [0.29, 0.717) is 0 Å². The zero-order valence-corrected chi connectivity index (χ0v) is 6.46. The average Bonchev–Trinajstić information content (AvgIpc) is 1.89. The van der Waals surface area contributed by atoms with Crippen LogP contribution in [0.1, 0.15) is 0 Å². The zero-order chi connectivity index (χ0) is 7.11. The summed E-state index contributed by atoms with van der Waals surface area (Å²) < 4.78 is 0.741. The molecule has 0 spiro atoms. The van der Waals surface area contributed by atoms with E-state index in [0.717, 1.165) is 4.48 Å². The predicted molar refractivity (Wildman–Crippen MR) is 42.3 cm³/mol. The lowest BCUT2D eigenvalue weighted by atomic mass is 10.5. The van der Waals surface area contributed by atoms with E-state index in [1.54, 1.807) is 6.08 Å². The number of hydrogen-bond acceptors (Lipinski definition) is 0. The van der Waals surface area contributed by atoms with Gasteiger partial charge in [-0.2, -0.15) is 0 Å². The van der Waals surface area contributed by atoms with Crippen LogP contribution in [0.25, 0.3) is 0 Å². The van der Waals surface area contributed by atoms with Crippen molar-refractivity contribution in [3.05, 3.63) is 46.6 Å². The molecule has 0 aliphatic carbocycles. The van der Waals surface area contributed by atoms with E-state index in [1.807, 2.05) is 0 Å². The van der Waals surface area contributed by atoms with Gasteiger partial charge >= 0.3 is 0 Å². The minimum Gasteiger partial charge on any atom is -0.113 e. The van der Waals surface area contributed by atoms with Gasteiger partial charge in [0.2, 0.25) is 0 Å². The number of halogens is 1. The molecule has 0 aromatic carbocycles. The van der Waals surface area contributed by atoms with E-state index in [2.05, 4.69) is 52.0 Å². The second-order valence-electron chi connectivity index (χ2n) is 1.12. The lowest BCUT2D eigenvalue weighted by molar-refractivity contribution is 2.00. The smallest absolute Gasteiger partial charge is 0.0671 e. The predicted octanol–water partition coefficient (Wildman–Crippen LogP) is 2.70. The first kappa shape index (κ1) is 8.08. The first-order valence-electron chi connectivity index (χ1n) is 2.22. The van der Waals surface area contributed by atoms with Gasteiger partial charge in [0.25, 0.3) is 0 Å². The Kier molecular flexibility index (Phi) is 4.69. The standard InChI is InChI=1S/C8H5Br/c1-3-5-6-7-8(9)4-2/h7H,1-2H2. The fourth-order valence-electron chi connectivity index (χ4n) is 0.202.